The second-order valence-electron chi connectivity index (χ2n) is 10.7. The summed E-state index contributed by atoms with van der Waals surface area (Å²) in [6, 6.07) is 18.9. The average molecular weight is 571 g/mol. The first-order valence-corrected chi connectivity index (χ1v) is 15.6. The summed E-state index contributed by atoms with van der Waals surface area (Å²) >= 11 is 6.15. The van der Waals surface area contributed by atoms with Gasteiger partial charge >= 0.3 is 0 Å². The van der Waals surface area contributed by atoms with Gasteiger partial charge in [0.25, 0.3) is 0 Å². The first-order valence-electron chi connectivity index (χ1n) is 13.3. The molecular weight excluding hydrogens is 538 g/mol. The molecule has 0 aromatic heterocycles. The summed E-state index contributed by atoms with van der Waals surface area (Å²) in [5.41, 5.74) is 3.99. The van der Waals surface area contributed by atoms with Gasteiger partial charge in [-0.2, -0.15) is 0 Å². The Balaban J connectivity index is 1.36. The second-order valence-corrected chi connectivity index (χ2v) is 13.1. The summed E-state index contributed by atoms with van der Waals surface area (Å²) in [4.78, 5) is 2.15. The maximum absolute atomic E-state index is 13.9. The van der Waals surface area contributed by atoms with Crippen molar-refractivity contribution in [3.05, 3.63) is 111 Å². The predicted octanol–water partition coefficient (Wildman–Crippen LogP) is 6.76. The van der Waals surface area contributed by atoms with E-state index in [1.165, 1.54) is 31.2 Å². The molecule has 2 fully saturated rings. The normalized spacial score (nSPS) is 16.7. The van der Waals surface area contributed by atoms with Gasteiger partial charge in [0.05, 0.1) is 10.9 Å². The van der Waals surface area contributed by atoms with Gasteiger partial charge in [-0.15, -0.1) is 0 Å². The van der Waals surface area contributed by atoms with Gasteiger partial charge < -0.3 is 5.32 Å². The number of hydrogen-bond acceptors (Lipinski definition) is 4. The molecule has 206 valence electrons. The Hall–Kier alpha value is -2.58. The van der Waals surface area contributed by atoms with Crippen LogP contribution in [0.2, 0.25) is 5.02 Å². The van der Waals surface area contributed by atoms with E-state index in [1.54, 1.807) is 0 Å². The maximum Gasteiger partial charge on any atom is 0.176 e. The summed E-state index contributed by atoms with van der Waals surface area (Å²) in [6.45, 7) is 2.55. The van der Waals surface area contributed by atoms with E-state index < -0.39 is 21.5 Å². The molecule has 8 heteroatoms. The highest BCUT2D eigenvalue weighted by Gasteiger charge is 2.35. The largest absolute Gasteiger partial charge is 0.313 e. The third-order valence-electron chi connectivity index (χ3n) is 7.44. The van der Waals surface area contributed by atoms with Crippen LogP contribution in [0.15, 0.2) is 72.3 Å². The number of nitrogens with one attached hydrogen (secondary N) is 1. The molecule has 3 aromatic carbocycles. The van der Waals surface area contributed by atoms with E-state index in [-0.39, 0.29) is 16.5 Å². The summed E-state index contributed by atoms with van der Waals surface area (Å²) in [6.07, 6.45) is 6.39. The molecule has 4 nitrogen and oxygen atoms in total. The molecule has 1 saturated heterocycles. The molecule has 1 saturated carbocycles. The zero-order chi connectivity index (χ0) is 27.6. The molecule has 1 aliphatic carbocycles. The van der Waals surface area contributed by atoms with Crippen molar-refractivity contribution in [1.82, 2.24) is 10.2 Å². The number of sulfone groups is 1. The summed E-state index contributed by atoms with van der Waals surface area (Å²) in [5.74, 6) is -0.657. The van der Waals surface area contributed by atoms with E-state index in [0.29, 0.717) is 23.7 Å². The van der Waals surface area contributed by atoms with E-state index in [9.17, 15) is 17.2 Å². The Morgan fingerprint density at radius 1 is 0.974 bits per heavy atom. The summed E-state index contributed by atoms with van der Waals surface area (Å²) < 4.78 is 53.3. The summed E-state index contributed by atoms with van der Waals surface area (Å²) in [7, 11) is -3.72. The van der Waals surface area contributed by atoms with Crippen LogP contribution in [-0.2, 0) is 16.4 Å². The van der Waals surface area contributed by atoms with Crippen LogP contribution in [0, 0.1) is 17.6 Å². The van der Waals surface area contributed by atoms with Crippen LogP contribution in [0.1, 0.15) is 54.0 Å². The average Bonchev–Trinajstić information content (AvgIpc) is 3.67. The lowest BCUT2D eigenvalue weighted by Gasteiger charge is -2.42. The Bertz CT molecular complexity index is 1420. The second kappa shape index (κ2) is 11.9. The van der Waals surface area contributed by atoms with Gasteiger partial charge in [-0.1, -0.05) is 60.8 Å². The Kier molecular flexibility index (Phi) is 8.52. The minimum atomic E-state index is -3.72. The van der Waals surface area contributed by atoms with Gasteiger partial charge in [-0.25, -0.2) is 17.2 Å². The van der Waals surface area contributed by atoms with Crippen molar-refractivity contribution in [2.75, 3.05) is 25.9 Å². The Labute approximate surface area is 234 Å². The number of halogens is 3. The molecule has 3 aromatic rings. The maximum atomic E-state index is 13.9. The van der Waals surface area contributed by atoms with Crippen molar-refractivity contribution in [2.45, 2.75) is 38.3 Å². The van der Waals surface area contributed by atoms with E-state index >= 15 is 0 Å². The molecule has 0 radical (unpaired) electrons. The van der Waals surface area contributed by atoms with E-state index in [4.69, 9.17) is 11.6 Å². The molecule has 39 heavy (non-hydrogen) atoms. The molecular formula is C31H33ClF2N2O2S. The van der Waals surface area contributed by atoms with E-state index in [2.05, 4.69) is 34.5 Å². The van der Waals surface area contributed by atoms with Crippen LogP contribution in [-0.4, -0.2) is 39.2 Å². The molecule has 0 amide bonds. The van der Waals surface area contributed by atoms with Crippen molar-refractivity contribution < 1.29 is 17.2 Å². The lowest BCUT2D eigenvalue weighted by atomic mass is 9.91. The predicted molar refractivity (Wildman–Crippen MR) is 153 cm³/mol. The fourth-order valence-electron chi connectivity index (χ4n) is 5.37. The van der Waals surface area contributed by atoms with Crippen LogP contribution >= 0.6 is 11.6 Å². The number of likely N-dealkylation sites (tertiary alicyclic amines) is 1. The number of rotatable bonds is 11. The van der Waals surface area contributed by atoms with Gasteiger partial charge in [0, 0.05) is 37.0 Å². The van der Waals surface area contributed by atoms with Crippen LogP contribution in [0.4, 0.5) is 8.78 Å². The molecule has 0 bridgehead atoms. The fourth-order valence-corrected chi connectivity index (χ4v) is 6.69. The van der Waals surface area contributed by atoms with Crippen LogP contribution in [0.5, 0.6) is 0 Å². The van der Waals surface area contributed by atoms with Crippen LogP contribution < -0.4 is 5.32 Å². The summed E-state index contributed by atoms with van der Waals surface area (Å²) in [5, 5.41) is 4.17. The molecule has 0 spiro atoms. The lowest BCUT2D eigenvalue weighted by Crippen LogP contribution is -2.44. The van der Waals surface area contributed by atoms with Crippen molar-refractivity contribution in [2.24, 2.45) is 5.92 Å². The molecule has 2 aliphatic rings. The zero-order valence-corrected chi connectivity index (χ0v) is 23.5. The third-order valence-corrected chi connectivity index (χ3v) is 8.96. The number of benzene rings is 3. The van der Waals surface area contributed by atoms with Gasteiger partial charge in [0.15, 0.2) is 9.84 Å². The number of hydrogen-bond donors (Lipinski definition) is 1. The highest BCUT2D eigenvalue weighted by atomic mass is 35.5. The Morgan fingerprint density at radius 3 is 2.13 bits per heavy atom. The first kappa shape index (κ1) is 28.0. The molecule has 1 N–H and O–H groups in total. The third kappa shape index (κ3) is 7.14. The number of nitrogens with zero attached hydrogens (tertiary/aromatic N) is 1. The highest BCUT2D eigenvalue weighted by Crippen LogP contribution is 2.39. The molecule has 1 heterocycles. The SMILES string of the molecule is CS(=O)(=O)C(=C1CN([C@@H](c2ccc(Cl)cc2)c2ccc(CNCCCC3CC3)cc2)C1)c1cc(F)cc(F)c1. The first-order chi connectivity index (χ1) is 18.7. The van der Waals surface area contributed by atoms with Gasteiger partial charge in [-0.3, -0.25) is 4.90 Å². The van der Waals surface area contributed by atoms with Gasteiger partial charge in [0.2, 0.25) is 0 Å². The van der Waals surface area contributed by atoms with Gasteiger partial charge in [-0.05, 0) is 77.4 Å². The molecule has 1 aliphatic heterocycles. The van der Waals surface area contributed by atoms with Crippen molar-refractivity contribution in [3.63, 3.8) is 0 Å². The quantitative estimate of drug-likeness (QED) is 0.259. The van der Waals surface area contributed by atoms with Crippen LogP contribution in [0.25, 0.3) is 4.91 Å². The minimum Gasteiger partial charge on any atom is -0.313 e. The van der Waals surface area contributed by atoms with Crippen molar-refractivity contribution in [3.8, 4) is 0 Å². The van der Waals surface area contributed by atoms with Crippen molar-refractivity contribution in [1.29, 1.82) is 0 Å². The zero-order valence-electron chi connectivity index (χ0n) is 22.0. The Morgan fingerprint density at radius 2 is 1.56 bits per heavy atom. The topological polar surface area (TPSA) is 49.4 Å². The monoisotopic (exact) mass is 570 g/mol. The minimum absolute atomic E-state index is 0.00452. The standard InChI is InChI=1S/C31H33ClF2N2O2S/c1-39(37,38)31(25-15-28(33)17-29(34)16-25)26-19-36(20-26)30(24-10-12-27(32)13-11-24)23-8-6-22(7-9-23)18-35-14-2-3-21-4-5-21/h6-13,15-17,21,30,35H,2-5,14,18-20H2,1H3/t30-/m1/s1. The molecule has 1 atom stereocenters. The fraction of sp³-hybridized carbons (Fsp3) is 0.355. The molecule has 5 rings (SSSR count). The lowest BCUT2D eigenvalue weighted by molar-refractivity contribution is 0.203. The smallest absolute Gasteiger partial charge is 0.176 e. The highest BCUT2D eigenvalue weighted by molar-refractivity contribution is 8.00. The van der Waals surface area contributed by atoms with E-state index in [0.717, 1.165) is 54.6 Å². The van der Waals surface area contributed by atoms with Crippen LogP contribution in [0.3, 0.4) is 0 Å². The van der Waals surface area contributed by atoms with Crippen molar-refractivity contribution >= 4 is 26.3 Å². The van der Waals surface area contributed by atoms with E-state index in [1.807, 2.05) is 24.3 Å². The molecule has 0 unspecified atom stereocenters. The van der Waals surface area contributed by atoms with Gasteiger partial charge in [0.1, 0.15) is 11.6 Å².